The second-order valence-electron chi connectivity index (χ2n) is 8.02. The van der Waals surface area contributed by atoms with E-state index in [-0.39, 0.29) is 23.4 Å². The van der Waals surface area contributed by atoms with Gasteiger partial charge in [-0.2, -0.15) is 0 Å². The van der Waals surface area contributed by atoms with Gasteiger partial charge in [-0.15, -0.1) is 0 Å². The Bertz CT molecular complexity index is 1490. The van der Waals surface area contributed by atoms with E-state index in [9.17, 15) is 14.4 Å². The van der Waals surface area contributed by atoms with Gasteiger partial charge in [0.2, 0.25) is 5.76 Å². The maximum absolute atomic E-state index is 13.7. The van der Waals surface area contributed by atoms with Crippen molar-refractivity contribution in [3.63, 3.8) is 0 Å². The Morgan fingerprint density at radius 1 is 0.943 bits per heavy atom. The monoisotopic (exact) mass is 469 g/mol. The first-order valence-corrected chi connectivity index (χ1v) is 11.4. The average molecular weight is 469 g/mol. The van der Waals surface area contributed by atoms with Gasteiger partial charge in [-0.25, -0.2) is 4.79 Å². The topological polar surface area (TPSA) is 86.0 Å². The molecule has 1 aromatic heterocycles. The third-order valence-electron chi connectivity index (χ3n) is 5.92. The zero-order chi connectivity index (χ0) is 24.5. The number of rotatable bonds is 6. The van der Waals surface area contributed by atoms with Crippen molar-refractivity contribution in [2.24, 2.45) is 0 Å². The Morgan fingerprint density at radius 2 is 1.71 bits per heavy atom. The van der Waals surface area contributed by atoms with E-state index in [1.165, 1.54) is 4.90 Å². The lowest BCUT2D eigenvalue weighted by molar-refractivity contribution is 0.0526. The summed E-state index contributed by atoms with van der Waals surface area (Å²) in [7, 11) is 0. The van der Waals surface area contributed by atoms with Gasteiger partial charge in [-0.1, -0.05) is 24.3 Å². The first-order valence-electron chi connectivity index (χ1n) is 11.4. The van der Waals surface area contributed by atoms with Gasteiger partial charge >= 0.3 is 5.97 Å². The Kier molecular flexibility index (Phi) is 5.82. The standard InChI is InChI=1S/C28H23NO6/c1-3-33-20-9-7-8-18(16-20)24-23-25(30)21-10-5-6-11-22(21)35-26(23)27(31)29(24)19-14-12-17(13-15-19)28(32)34-4-2/h5-16,24H,3-4H2,1-2H3. The largest absolute Gasteiger partial charge is 0.494 e. The maximum atomic E-state index is 13.7. The highest BCUT2D eigenvalue weighted by Crippen LogP contribution is 2.42. The molecule has 0 bridgehead atoms. The molecule has 0 radical (unpaired) electrons. The van der Waals surface area contributed by atoms with Crippen molar-refractivity contribution >= 4 is 28.5 Å². The number of hydrogen-bond acceptors (Lipinski definition) is 6. The van der Waals surface area contributed by atoms with Crippen LogP contribution in [-0.2, 0) is 4.74 Å². The van der Waals surface area contributed by atoms with Crippen LogP contribution in [0.15, 0.2) is 82.0 Å². The van der Waals surface area contributed by atoms with Crippen LogP contribution in [-0.4, -0.2) is 25.1 Å². The summed E-state index contributed by atoms with van der Waals surface area (Å²) >= 11 is 0. The minimum absolute atomic E-state index is 0.00924. The van der Waals surface area contributed by atoms with Crippen molar-refractivity contribution in [3.8, 4) is 5.75 Å². The molecule has 7 nitrogen and oxygen atoms in total. The Balaban J connectivity index is 1.69. The summed E-state index contributed by atoms with van der Waals surface area (Å²) in [5.41, 5.74) is 1.97. The molecule has 1 amide bonds. The van der Waals surface area contributed by atoms with E-state index in [0.29, 0.717) is 40.1 Å². The molecule has 1 aliphatic rings. The number of benzene rings is 3. The Hall–Kier alpha value is -4.39. The number of hydrogen-bond donors (Lipinski definition) is 0. The van der Waals surface area contributed by atoms with Crippen molar-refractivity contribution in [1.82, 2.24) is 0 Å². The summed E-state index contributed by atoms with van der Waals surface area (Å²) in [6.07, 6.45) is 0. The summed E-state index contributed by atoms with van der Waals surface area (Å²) in [4.78, 5) is 40.9. The van der Waals surface area contributed by atoms with E-state index in [1.807, 2.05) is 31.2 Å². The molecule has 0 saturated heterocycles. The molecule has 0 saturated carbocycles. The van der Waals surface area contributed by atoms with Gasteiger partial charge in [0.1, 0.15) is 11.3 Å². The van der Waals surface area contributed by atoms with Crippen molar-refractivity contribution in [2.45, 2.75) is 19.9 Å². The lowest BCUT2D eigenvalue weighted by atomic mass is 9.98. The highest BCUT2D eigenvalue weighted by atomic mass is 16.5. The van der Waals surface area contributed by atoms with Gasteiger partial charge in [0, 0.05) is 5.69 Å². The van der Waals surface area contributed by atoms with E-state index in [0.717, 1.165) is 0 Å². The molecule has 0 fully saturated rings. The fourth-order valence-electron chi connectivity index (χ4n) is 4.42. The summed E-state index contributed by atoms with van der Waals surface area (Å²) in [5.74, 6) is -0.235. The van der Waals surface area contributed by atoms with Gasteiger partial charge < -0.3 is 13.9 Å². The van der Waals surface area contributed by atoms with Crippen LogP contribution in [0.2, 0.25) is 0 Å². The van der Waals surface area contributed by atoms with Crippen molar-refractivity contribution in [1.29, 1.82) is 0 Å². The van der Waals surface area contributed by atoms with Crippen LogP contribution < -0.4 is 15.1 Å². The third kappa shape index (κ3) is 3.85. The fraction of sp³-hybridized carbons (Fsp3) is 0.179. The normalized spacial score (nSPS) is 14.7. The van der Waals surface area contributed by atoms with Gasteiger partial charge in [0.15, 0.2) is 5.43 Å². The van der Waals surface area contributed by atoms with Gasteiger partial charge in [0.05, 0.1) is 35.8 Å². The smallest absolute Gasteiger partial charge is 0.338 e. The first-order chi connectivity index (χ1) is 17.0. The van der Waals surface area contributed by atoms with Crippen LogP contribution in [0.5, 0.6) is 5.75 Å². The number of nitrogens with zero attached hydrogens (tertiary/aromatic N) is 1. The number of carbonyl (C=O) groups is 2. The molecule has 35 heavy (non-hydrogen) atoms. The number of esters is 1. The zero-order valence-electron chi connectivity index (χ0n) is 19.3. The lowest BCUT2D eigenvalue weighted by Gasteiger charge is -2.25. The SMILES string of the molecule is CCOC(=O)c1ccc(N2C(=O)c3oc4ccccc4c(=O)c3C2c2cccc(OCC)c2)cc1. The molecule has 0 aliphatic carbocycles. The van der Waals surface area contributed by atoms with E-state index >= 15 is 0 Å². The molecule has 5 rings (SSSR count). The second kappa shape index (κ2) is 9.10. The van der Waals surface area contributed by atoms with E-state index in [4.69, 9.17) is 13.9 Å². The molecule has 3 aromatic carbocycles. The molecule has 7 heteroatoms. The minimum Gasteiger partial charge on any atom is -0.494 e. The number of amides is 1. The van der Waals surface area contributed by atoms with Crippen LogP contribution in [0.25, 0.3) is 11.0 Å². The Labute approximate surface area is 201 Å². The summed E-state index contributed by atoms with van der Waals surface area (Å²) in [5, 5.41) is 0.407. The number of carbonyl (C=O) groups excluding carboxylic acids is 2. The van der Waals surface area contributed by atoms with Crippen LogP contribution >= 0.6 is 0 Å². The molecule has 176 valence electrons. The van der Waals surface area contributed by atoms with E-state index in [2.05, 4.69) is 0 Å². The van der Waals surface area contributed by atoms with Crippen molar-refractivity contribution < 1.29 is 23.5 Å². The second-order valence-corrected chi connectivity index (χ2v) is 8.02. The number of anilines is 1. The van der Waals surface area contributed by atoms with Crippen LogP contribution in [0.3, 0.4) is 0 Å². The molecule has 0 spiro atoms. The highest BCUT2D eigenvalue weighted by Gasteiger charge is 2.43. The fourth-order valence-corrected chi connectivity index (χ4v) is 4.42. The summed E-state index contributed by atoms with van der Waals surface area (Å²) < 4.78 is 16.7. The predicted octanol–water partition coefficient (Wildman–Crippen LogP) is 5.12. The van der Waals surface area contributed by atoms with Gasteiger partial charge in [-0.05, 0) is 67.9 Å². The first kappa shape index (κ1) is 22.4. The number of fused-ring (bicyclic) bond motifs is 2. The average Bonchev–Trinajstić information content (AvgIpc) is 3.17. The molecule has 0 N–H and O–H groups in total. The minimum atomic E-state index is -0.729. The molecular formula is C28H23NO6. The van der Waals surface area contributed by atoms with Gasteiger partial charge in [-0.3, -0.25) is 14.5 Å². The van der Waals surface area contributed by atoms with Crippen molar-refractivity contribution in [2.75, 3.05) is 18.1 Å². The summed E-state index contributed by atoms with van der Waals surface area (Å²) in [6.45, 7) is 4.37. The molecule has 1 aliphatic heterocycles. The van der Waals surface area contributed by atoms with Gasteiger partial charge in [0.25, 0.3) is 5.91 Å². The van der Waals surface area contributed by atoms with Crippen LogP contribution in [0.1, 0.15) is 51.9 Å². The molecular weight excluding hydrogens is 446 g/mol. The predicted molar refractivity (Wildman–Crippen MR) is 131 cm³/mol. The lowest BCUT2D eigenvalue weighted by Crippen LogP contribution is -2.29. The molecule has 1 unspecified atom stereocenters. The Morgan fingerprint density at radius 3 is 2.46 bits per heavy atom. The zero-order valence-corrected chi connectivity index (χ0v) is 19.3. The third-order valence-corrected chi connectivity index (χ3v) is 5.92. The quantitative estimate of drug-likeness (QED) is 0.365. The molecule has 4 aromatic rings. The number of ether oxygens (including phenoxy) is 2. The maximum Gasteiger partial charge on any atom is 0.338 e. The van der Waals surface area contributed by atoms with Crippen LogP contribution in [0.4, 0.5) is 5.69 Å². The van der Waals surface area contributed by atoms with E-state index in [1.54, 1.807) is 55.5 Å². The molecule has 1 atom stereocenters. The molecule has 2 heterocycles. The van der Waals surface area contributed by atoms with Crippen LogP contribution in [0, 0.1) is 0 Å². The van der Waals surface area contributed by atoms with Crippen molar-refractivity contribution in [3.05, 3.63) is 105 Å². The van der Waals surface area contributed by atoms with E-state index < -0.39 is 17.9 Å². The highest BCUT2D eigenvalue weighted by molar-refractivity contribution is 6.10. The summed E-state index contributed by atoms with van der Waals surface area (Å²) in [6, 6.07) is 20.0. The number of para-hydroxylation sites is 1.